The summed E-state index contributed by atoms with van der Waals surface area (Å²) < 4.78 is 26.5. The molecule has 0 radical (unpaired) electrons. The first-order chi connectivity index (χ1) is 9.79. The van der Waals surface area contributed by atoms with Gasteiger partial charge < -0.3 is 10.2 Å². The molecule has 116 valence electrons. The molecular weight excluding hydrogens is 290 g/mol. The highest BCUT2D eigenvalue weighted by Gasteiger charge is 2.28. The average molecular weight is 311 g/mol. The molecule has 1 unspecified atom stereocenters. The van der Waals surface area contributed by atoms with Crippen LogP contribution in [0.1, 0.15) is 20.3 Å². The fraction of sp³-hybridized carbons (Fsp3) is 0.500. The predicted octanol–water partition coefficient (Wildman–Crippen LogP) is 1.02. The van der Waals surface area contributed by atoms with Gasteiger partial charge in [-0.3, -0.25) is 4.79 Å². The number of rotatable bonds is 5. The Morgan fingerprint density at radius 1 is 1.24 bits per heavy atom. The Labute approximate surface area is 125 Å². The highest BCUT2D eigenvalue weighted by molar-refractivity contribution is 7.89. The fourth-order valence-electron chi connectivity index (χ4n) is 2.27. The van der Waals surface area contributed by atoms with Gasteiger partial charge >= 0.3 is 0 Å². The third-order valence-corrected chi connectivity index (χ3v) is 5.00. The summed E-state index contributed by atoms with van der Waals surface area (Å²) in [5, 5.41) is 3.13. The first-order valence-electron chi connectivity index (χ1n) is 6.93. The third kappa shape index (κ3) is 3.74. The Morgan fingerprint density at radius 3 is 2.33 bits per heavy atom. The van der Waals surface area contributed by atoms with Crippen molar-refractivity contribution >= 4 is 21.6 Å². The number of nitrogens with one attached hydrogen (secondary N) is 2. The Balaban J connectivity index is 2.08. The number of carbonyl (C=O) groups excluding carboxylic acids is 1. The van der Waals surface area contributed by atoms with E-state index < -0.39 is 10.0 Å². The zero-order valence-corrected chi connectivity index (χ0v) is 13.3. The van der Waals surface area contributed by atoms with Crippen LogP contribution in [0.15, 0.2) is 29.2 Å². The van der Waals surface area contributed by atoms with Gasteiger partial charge in [-0.1, -0.05) is 0 Å². The SMILES string of the molecule is CC(C)NS(=O)(=O)c1ccc(NC2CCN(C)C2=O)cc1. The minimum absolute atomic E-state index is 0.0631. The van der Waals surface area contributed by atoms with Gasteiger partial charge in [-0.05, 0) is 44.5 Å². The molecule has 2 N–H and O–H groups in total. The summed E-state index contributed by atoms with van der Waals surface area (Å²) >= 11 is 0. The lowest BCUT2D eigenvalue weighted by atomic mass is 10.2. The maximum Gasteiger partial charge on any atom is 0.244 e. The number of hydrogen-bond donors (Lipinski definition) is 2. The van der Waals surface area contributed by atoms with Crippen molar-refractivity contribution in [2.24, 2.45) is 0 Å². The Morgan fingerprint density at radius 2 is 1.86 bits per heavy atom. The van der Waals surface area contributed by atoms with E-state index >= 15 is 0 Å². The number of amides is 1. The Hall–Kier alpha value is -1.60. The van der Waals surface area contributed by atoms with Crippen LogP contribution in [0.3, 0.4) is 0 Å². The second-order valence-electron chi connectivity index (χ2n) is 5.55. The summed E-state index contributed by atoms with van der Waals surface area (Å²) in [5.74, 6) is 0.0631. The van der Waals surface area contributed by atoms with E-state index in [0.29, 0.717) is 0 Å². The molecule has 1 aliphatic rings. The van der Waals surface area contributed by atoms with Gasteiger partial charge in [0.15, 0.2) is 0 Å². The number of sulfonamides is 1. The van der Waals surface area contributed by atoms with Crippen LogP contribution in [-0.4, -0.2) is 44.9 Å². The number of benzene rings is 1. The van der Waals surface area contributed by atoms with Crippen LogP contribution in [0, 0.1) is 0 Å². The first kappa shape index (κ1) is 15.8. The molecular formula is C14H21N3O3S. The molecule has 1 heterocycles. The second kappa shape index (κ2) is 6.03. The zero-order chi connectivity index (χ0) is 15.6. The van der Waals surface area contributed by atoms with Crippen molar-refractivity contribution in [1.29, 1.82) is 0 Å². The van der Waals surface area contributed by atoms with Crippen molar-refractivity contribution in [2.45, 2.75) is 37.2 Å². The molecule has 1 aromatic carbocycles. The van der Waals surface area contributed by atoms with E-state index in [0.717, 1.165) is 18.7 Å². The summed E-state index contributed by atoms with van der Waals surface area (Å²) in [4.78, 5) is 13.7. The van der Waals surface area contributed by atoms with Crippen molar-refractivity contribution in [3.05, 3.63) is 24.3 Å². The quantitative estimate of drug-likeness (QED) is 0.851. The minimum Gasteiger partial charge on any atom is -0.374 e. The molecule has 1 aromatic rings. The van der Waals surface area contributed by atoms with Gasteiger partial charge in [0.1, 0.15) is 6.04 Å². The van der Waals surface area contributed by atoms with Crippen LogP contribution < -0.4 is 10.0 Å². The van der Waals surface area contributed by atoms with Gasteiger partial charge in [0, 0.05) is 25.3 Å². The number of likely N-dealkylation sites (tertiary alicyclic amines) is 1. The number of carbonyl (C=O) groups is 1. The van der Waals surface area contributed by atoms with E-state index in [2.05, 4.69) is 10.0 Å². The fourth-order valence-corrected chi connectivity index (χ4v) is 3.52. The molecule has 1 saturated heterocycles. The van der Waals surface area contributed by atoms with Crippen molar-refractivity contribution in [3.63, 3.8) is 0 Å². The third-order valence-electron chi connectivity index (χ3n) is 3.32. The number of likely N-dealkylation sites (N-methyl/N-ethyl adjacent to an activating group) is 1. The zero-order valence-electron chi connectivity index (χ0n) is 12.5. The highest BCUT2D eigenvalue weighted by Crippen LogP contribution is 2.18. The number of nitrogens with zero attached hydrogens (tertiary/aromatic N) is 1. The standard InChI is InChI=1S/C14H21N3O3S/c1-10(2)16-21(19,20)12-6-4-11(5-7-12)15-13-8-9-17(3)14(13)18/h4-7,10,13,15-16H,8-9H2,1-3H3. The first-order valence-corrected chi connectivity index (χ1v) is 8.42. The van der Waals surface area contributed by atoms with Gasteiger partial charge in [-0.25, -0.2) is 13.1 Å². The lowest BCUT2D eigenvalue weighted by Gasteiger charge is -2.14. The molecule has 1 amide bonds. The molecule has 1 aliphatic heterocycles. The highest BCUT2D eigenvalue weighted by atomic mass is 32.2. The molecule has 0 aromatic heterocycles. The molecule has 7 heteroatoms. The average Bonchev–Trinajstić information content (AvgIpc) is 2.70. The molecule has 1 atom stereocenters. The summed E-state index contributed by atoms with van der Waals surface area (Å²) in [6.45, 7) is 4.28. The van der Waals surface area contributed by atoms with E-state index in [9.17, 15) is 13.2 Å². The topological polar surface area (TPSA) is 78.5 Å². The molecule has 0 spiro atoms. The van der Waals surface area contributed by atoms with E-state index in [1.807, 2.05) is 0 Å². The smallest absolute Gasteiger partial charge is 0.244 e. The Bertz CT molecular complexity index is 611. The molecule has 2 rings (SSSR count). The predicted molar refractivity (Wildman–Crippen MR) is 81.6 cm³/mol. The molecule has 0 bridgehead atoms. The van der Waals surface area contributed by atoms with Gasteiger partial charge in [0.05, 0.1) is 4.90 Å². The van der Waals surface area contributed by atoms with Crippen molar-refractivity contribution < 1.29 is 13.2 Å². The number of hydrogen-bond acceptors (Lipinski definition) is 4. The van der Waals surface area contributed by atoms with E-state index in [1.165, 1.54) is 12.1 Å². The lowest BCUT2D eigenvalue weighted by molar-refractivity contribution is -0.127. The summed E-state index contributed by atoms with van der Waals surface area (Å²) in [7, 11) is -1.70. The maximum atomic E-state index is 12.0. The maximum absolute atomic E-state index is 12.0. The van der Waals surface area contributed by atoms with Crippen LogP contribution in [0.2, 0.25) is 0 Å². The van der Waals surface area contributed by atoms with Crippen LogP contribution >= 0.6 is 0 Å². The molecule has 0 saturated carbocycles. The van der Waals surface area contributed by atoms with E-state index in [4.69, 9.17) is 0 Å². The lowest BCUT2D eigenvalue weighted by Crippen LogP contribution is -2.31. The van der Waals surface area contributed by atoms with Gasteiger partial charge in [0.25, 0.3) is 0 Å². The van der Waals surface area contributed by atoms with E-state index in [-0.39, 0.29) is 22.9 Å². The second-order valence-corrected chi connectivity index (χ2v) is 7.26. The molecule has 0 aliphatic carbocycles. The van der Waals surface area contributed by atoms with Crippen LogP contribution in [-0.2, 0) is 14.8 Å². The van der Waals surface area contributed by atoms with Crippen molar-refractivity contribution in [2.75, 3.05) is 18.9 Å². The van der Waals surface area contributed by atoms with Crippen LogP contribution in [0.4, 0.5) is 5.69 Å². The van der Waals surface area contributed by atoms with Crippen LogP contribution in [0.5, 0.6) is 0 Å². The van der Waals surface area contributed by atoms with Crippen molar-refractivity contribution in [3.8, 4) is 0 Å². The summed E-state index contributed by atoms with van der Waals surface area (Å²) in [6.07, 6.45) is 0.754. The monoisotopic (exact) mass is 311 g/mol. The van der Waals surface area contributed by atoms with Crippen LogP contribution in [0.25, 0.3) is 0 Å². The molecule has 6 nitrogen and oxygen atoms in total. The number of anilines is 1. The van der Waals surface area contributed by atoms with Crippen molar-refractivity contribution in [1.82, 2.24) is 9.62 Å². The van der Waals surface area contributed by atoms with Gasteiger partial charge in [0.2, 0.25) is 15.9 Å². The van der Waals surface area contributed by atoms with Gasteiger partial charge in [-0.15, -0.1) is 0 Å². The van der Waals surface area contributed by atoms with Gasteiger partial charge in [-0.2, -0.15) is 0 Å². The normalized spacial score (nSPS) is 19.3. The van der Waals surface area contributed by atoms with E-state index in [1.54, 1.807) is 37.9 Å². The summed E-state index contributed by atoms with van der Waals surface area (Å²) in [6, 6.07) is 6.05. The molecule has 1 fully saturated rings. The Kier molecular flexibility index (Phi) is 4.53. The largest absolute Gasteiger partial charge is 0.374 e. The summed E-state index contributed by atoms with van der Waals surface area (Å²) in [5.41, 5.74) is 0.743. The minimum atomic E-state index is -3.48. The molecule has 21 heavy (non-hydrogen) atoms.